The van der Waals surface area contributed by atoms with Crippen LogP contribution in [0.3, 0.4) is 0 Å². The Labute approximate surface area is 206 Å². The van der Waals surface area contributed by atoms with Gasteiger partial charge in [0.25, 0.3) is 5.91 Å². The second-order valence-electron chi connectivity index (χ2n) is 9.22. The lowest BCUT2D eigenvalue weighted by molar-refractivity contribution is -0.123. The van der Waals surface area contributed by atoms with Crippen LogP contribution < -0.4 is 10.2 Å². The summed E-state index contributed by atoms with van der Waals surface area (Å²) in [6.45, 7) is 1.57. The van der Waals surface area contributed by atoms with Gasteiger partial charge in [-0.2, -0.15) is 0 Å². The molecule has 2 aromatic rings. The van der Waals surface area contributed by atoms with Gasteiger partial charge in [-0.15, -0.1) is 0 Å². The number of carbonyl (C=O) groups excluding carboxylic acids is 4. The zero-order valence-electron chi connectivity index (χ0n) is 18.8. The number of esters is 1. The van der Waals surface area contributed by atoms with Crippen molar-refractivity contribution in [1.29, 1.82) is 0 Å². The van der Waals surface area contributed by atoms with E-state index in [1.165, 1.54) is 17.0 Å². The number of hydrogen-bond donors (Lipinski definition) is 1. The Balaban J connectivity index is 1.20. The molecule has 34 heavy (non-hydrogen) atoms. The Morgan fingerprint density at radius 3 is 2.29 bits per heavy atom. The third-order valence-electron chi connectivity index (χ3n) is 7.35. The molecule has 3 aliphatic rings. The van der Waals surface area contributed by atoms with Crippen LogP contribution in [-0.4, -0.2) is 30.3 Å². The number of anilines is 2. The van der Waals surface area contributed by atoms with Crippen LogP contribution in [0.25, 0.3) is 0 Å². The zero-order chi connectivity index (χ0) is 24.0. The number of aryl methyl sites for hydroxylation is 1. The van der Waals surface area contributed by atoms with E-state index in [4.69, 9.17) is 4.74 Å². The van der Waals surface area contributed by atoms with Gasteiger partial charge in [0.1, 0.15) is 0 Å². The van der Waals surface area contributed by atoms with Crippen LogP contribution in [0, 0.1) is 23.7 Å². The maximum absolute atomic E-state index is 13.0. The normalized spacial score (nSPS) is 24.9. The van der Waals surface area contributed by atoms with Crippen molar-refractivity contribution in [2.45, 2.75) is 32.6 Å². The summed E-state index contributed by atoms with van der Waals surface area (Å²) in [6.07, 6.45) is 3.78. The van der Waals surface area contributed by atoms with E-state index in [1.54, 1.807) is 18.2 Å². The lowest BCUT2D eigenvalue weighted by atomic mass is 9.81. The maximum atomic E-state index is 13.0. The molecule has 5 rings (SSSR count). The number of carbonyl (C=O) groups is 4. The minimum Gasteiger partial charge on any atom is -0.452 e. The third kappa shape index (κ3) is 3.94. The van der Waals surface area contributed by atoms with Crippen molar-refractivity contribution in [1.82, 2.24) is 0 Å². The van der Waals surface area contributed by atoms with Crippen molar-refractivity contribution in [3.63, 3.8) is 0 Å². The van der Waals surface area contributed by atoms with Crippen LogP contribution in [0.15, 0.2) is 46.9 Å². The molecule has 8 heteroatoms. The number of rotatable bonds is 6. The van der Waals surface area contributed by atoms with E-state index in [-0.39, 0.29) is 29.2 Å². The van der Waals surface area contributed by atoms with E-state index in [0.717, 1.165) is 35.7 Å². The summed E-state index contributed by atoms with van der Waals surface area (Å²) in [5.74, 6) is -1.05. The number of ether oxygens (including phenoxy) is 1. The van der Waals surface area contributed by atoms with Gasteiger partial charge in [0.15, 0.2) is 6.61 Å². The minimum absolute atomic E-state index is 0.117. The van der Waals surface area contributed by atoms with Crippen LogP contribution in [0.4, 0.5) is 11.4 Å². The standard InChI is InChI=1S/C26H25BrN2O5/c1-2-14-12-18(27)7-10-20(14)28-21(30)13-34-26(33)15-5-8-19(9-6-15)29-24(31)22-16-3-4-17(11-16)23(22)25(29)32/h5-10,12,16-17,22-23H,2-4,11,13H2,1H3,(H,28,30)/t16-,17-,22-,23+/m0/s1. The van der Waals surface area contributed by atoms with Crippen LogP contribution in [0.2, 0.25) is 0 Å². The molecule has 0 aromatic heterocycles. The molecule has 3 amide bonds. The van der Waals surface area contributed by atoms with E-state index >= 15 is 0 Å². The lowest BCUT2D eigenvalue weighted by Gasteiger charge is -2.19. The van der Waals surface area contributed by atoms with Crippen molar-refractivity contribution in [3.05, 3.63) is 58.1 Å². The number of amides is 3. The van der Waals surface area contributed by atoms with Crippen molar-refractivity contribution < 1.29 is 23.9 Å². The lowest BCUT2D eigenvalue weighted by Crippen LogP contribution is -2.32. The highest BCUT2D eigenvalue weighted by Crippen LogP contribution is 2.56. The van der Waals surface area contributed by atoms with Gasteiger partial charge in [-0.05, 0) is 85.5 Å². The monoisotopic (exact) mass is 524 g/mol. The molecular weight excluding hydrogens is 500 g/mol. The summed E-state index contributed by atoms with van der Waals surface area (Å²) in [4.78, 5) is 51.9. The fourth-order valence-corrected chi connectivity index (χ4v) is 6.20. The van der Waals surface area contributed by atoms with Gasteiger partial charge in [0, 0.05) is 10.2 Å². The fraction of sp³-hybridized carbons (Fsp3) is 0.385. The number of halogens is 1. The predicted octanol–water partition coefficient (Wildman–Crippen LogP) is 4.34. The van der Waals surface area contributed by atoms with Crippen LogP contribution in [0.5, 0.6) is 0 Å². The highest BCUT2D eigenvalue weighted by atomic mass is 79.9. The molecule has 3 fully saturated rings. The first kappa shape index (κ1) is 22.8. The van der Waals surface area contributed by atoms with Gasteiger partial charge in [-0.25, -0.2) is 4.79 Å². The molecule has 2 saturated carbocycles. The Kier molecular flexibility index (Phi) is 6.02. The van der Waals surface area contributed by atoms with Gasteiger partial charge in [0.2, 0.25) is 11.8 Å². The Morgan fingerprint density at radius 2 is 1.68 bits per heavy atom. The highest BCUT2D eigenvalue weighted by molar-refractivity contribution is 9.10. The minimum atomic E-state index is -0.651. The Morgan fingerprint density at radius 1 is 1.03 bits per heavy atom. The first-order valence-corrected chi connectivity index (χ1v) is 12.4. The van der Waals surface area contributed by atoms with Gasteiger partial charge in [-0.3, -0.25) is 19.3 Å². The summed E-state index contributed by atoms with van der Waals surface area (Å²) >= 11 is 3.41. The summed E-state index contributed by atoms with van der Waals surface area (Å²) in [6, 6.07) is 11.8. The molecule has 2 aromatic carbocycles. The van der Waals surface area contributed by atoms with E-state index in [9.17, 15) is 19.2 Å². The Hall–Kier alpha value is -3.00. The number of imide groups is 1. The summed E-state index contributed by atoms with van der Waals surface area (Å²) in [7, 11) is 0. The van der Waals surface area contributed by atoms with Gasteiger partial charge >= 0.3 is 5.97 Å². The molecule has 0 radical (unpaired) electrons. The molecule has 4 atom stereocenters. The van der Waals surface area contributed by atoms with Gasteiger partial charge < -0.3 is 10.1 Å². The van der Waals surface area contributed by atoms with Crippen molar-refractivity contribution in [3.8, 4) is 0 Å². The topological polar surface area (TPSA) is 92.8 Å². The second kappa shape index (κ2) is 8.98. The third-order valence-corrected chi connectivity index (χ3v) is 7.84. The van der Waals surface area contributed by atoms with E-state index in [2.05, 4.69) is 21.2 Å². The molecular formula is C26H25BrN2O5. The van der Waals surface area contributed by atoms with Crippen molar-refractivity contribution in [2.24, 2.45) is 23.7 Å². The first-order chi connectivity index (χ1) is 16.4. The number of fused-ring (bicyclic) bond motifs is 5. The summed E-state index contributed by atoms with van der Waals surface area (Å²) < 4.78 is 6.08. The molecule has 1 heterocycles. The largest absolute Gasteiger partial charge is 0.452 e. The summed E-state index contributed by atoms with van der Waals surface area (Å²) in [5, 5.41) is 2.76. The molecule has 7 nitrogen and oxygen atoms in total. The SMILES string of the molecule is CCc1cc(Br)ccc1NC(=O)COC(=O)c1ccc(N2C(=O)[C@@H]3[C@H]4CC[C@@H](C4)[C@@H]3C2=O)cc1. The smallest absolute Gasteiger partial charge is 0.338 e. The maximum Gasteiger partial charge on any atom is 0.338 e. The average Bonchev–Trinajstić information content (AvgIpc) is 3.52. The fourth-order valence-electron chi connectivity index (χ4n) is 5.79. The number of nitrogens with one attached hydrogen (secondary N) is 1. The number of nitrogens with zero attached hydrogens (tertiary/aromatic N) is 1. The predicted molar refractivity (Wildman–Crippen MR) is 129 cm³/mol. The van der Waals surface area contributed by atoms with Crippen molar-refractivity contribution >= 4 is 51.0 Å². The first-order valence-electron chi connectivity index (χ1n) is 11.6. The van der Waals surface area contributed by atoms with Crippen LogP contribution in [-0.2, 0) is 25.5 Å². The molecule has 176 valence electrons. The Bertz CT molecular complexity index is 1150. The second-order valence-corrected chi connectivity index (χ2v) is 10.1. The zero-order valence-corrected chi connectivity index (χ0v) is 20.3. The number of hydrogen-bond acceptors (Lipinski definition) is 5. The van der Waals surface area contributed by atoms with Crippen LogP contribution in [0.1, 0.15) is 42.1 Å². The molecule has 1 aliphatic heterocycles. The van der Waals surface area contributed by atoms with Gasteiger partial charge in [0.05, 0.1) is 23.1 Å². The van der Waals surface area contributed by atoms with Crippen LogP contribution >= 0.6 is 15.9 Å². The number of benzene rings is 2. The van der Waals surface area contributed by atoms with E-state index in [1.807, 2.05) is 19.1 Å². The van der Waals surface area contributed by atoms with E-state index < -0.39 is 18.5 Å². The molecule has 1 saturated heterocycles. The average molecular weight is 525 g/mol. The molecule has 0 spiro atoms. The highest BCUT2D eigenvalue weighted by Gasteiger charge is 2.61. The van der Waals surface area contributed by atoms with E-state index in [0.29, 0.717) is 23.2 Å². The molecule has 1 N–H and O–H groups in total. The quantitative estimate of drug-likeness (QED) is 0.448. The summed E-state index contributed by atoms with van der Waals surface area (Å²) in [5.41, 5.74) is 2.36. The molecule has 2 bridgehead atoms. The van der Waals surface area contributed by atoms with Gasteiger partial charge in [-0.1, -0.05) is 22.9 Å². The molecule has 2 aliphatic carbocycles. The molecule has 0 unspecified atom stereocenters. The van der Waals surface area contributed by atoms with Crippen molar-refractivity contribution in [2.75, 3.05) is 16.8 Å².